The zero-order valence-corrected chi connectivity index (χ0v) is 19.9. The number of hydrogen-bond donors (Lipinski definition) is 2. The number of nitriles is 1. The van der Waals surface area contributed by atoms with Crippen molar-refractivity contribution in [2.75, 3.05) is 24.4 Å². The lowest BCUT2D eigenvalue weighted by atomic mass is 9.95. The van der Waals surface area contributed by atoms with Crippen LogP contribution in [0.3, 0.4) is 0 Å². The lowest BCUT2D eigenvalue weighted by Gasteiger charge is -2.18. The number of nitrogens with zero attached hydrogens (tertiary/aromatic N) is 2. The molecule has 2 aromatic rings. The number of benzene rings is 1. The zero-order valence-electron chi connectivity index (χ0n) is 19.9. The molecule has 0 fully saturated rings. The van der Waals surface area contributed by atoms with Gasteiger partial charge in [0.25, 0.3) is 5.91 Å². The van der Waals surface area contributed by atoms with Crippen molar-refractivity contribution in [2.24, 2.45) is 5.41 Å². The fraction of sp³-hybridized carbons (Fsp3) is 0.400. The van der Waals surface area contributed by atoms with Crippen LogP contribution in [0.4, 0.5) is 11.4 Å². The van der Waals surface area contributed by atoms with E-state index in [9.17, 15) is 14.9 Å². The van der Waals surface area contributed by atoms with E-state index in [4.69, 9.17) is 4.74 Å². The summed E-state index contributed by atoms with van der Waals surface area (Å²) in [6, 6.07) is 10.9. The van der Waals surface area contributed by atoms with E-state index in [1.807, 2.05) is 46.8 Å². The lowest BCUT2D eigenvalue weighted by Crippen LogP contribution is -2.27. The summed E-state index contributed by atoms with van der Waals surface area (Å²) in [5, 5.41) is 15.2. The van der Waals surface area contributed by atoms with Crippen molar-refractivity contribution in [2.45, 2.75) is 47.6 Å². The van der Waals surface area contributed by atoms with Crippen molar-refractivity contribution >= 4 is 29.3 Å². The molecular formula is C25H32N4O3. The summed E-state index contributed by atoms with van der Waals surface area (Å²) >= 11 is 0. The van der Waals surface area contributed by atoms with Gasteiger partial charge in [0.05, 0.1) is 12.6 Å². The molecule has 1 aromatic heterocycles. The molecule has 0 saturated heterocycles. The van der Waals surface area contributed by atoms with Crippen molar-refractivity contribution in [1.29, 1.82) is 5.26 Å². The molecule has 170 valence electrons. The molecule has 2 N–H and O–H groups in total. The first kappa shape index (κ1) is 24.9. The minimum Gasteiger partial charge on any atom is -0.383 e. The molecule has 0 radical (unpaired) electrons. The molecule has 0 saturated carbocycles. The number of methoxy groups -OCH3 is 1. The Kier molecular flexibility index (Phi) is 8.01. The van der Waals surface area contributed by atoms with Gasteiger partial charge in [-0.3, -0.25) is 9.59 Å². The second-order valence-corrected chi connectivity index (χ2v) is 8.91. The molecule has 0 spiro atoms. The number of aryl methyl sites for hydroxylation is 1. The molecule has 0 bridgehead atoms. The van der Waals surface area contributed by atoms with Gasteiger partial charge in [0.15, 0.2) is 0 Å². The maximum atomic E-state index is 12.8. The summed E-state index contributed by atoms with van der Waals surface area (Å²) in [6.45, 7) is 12.0. The van der Waals surface area contributed by atoms with E-state index in [1.54, 1.807) is 37.5 Å². The fourth-order valence-electron chi connectivity index (χ4n) is 3.44. The Morgan fingerprint density at radius 3 is 2.38 bits per heavy atom. The largest absolute Gasteiger partial charge is 0.383 e. The normalized spacial score (nSPS) is 12.8. The van der Waals surface area contributed by atoms with E-state index in [0.29, 0.717) is 18.0 Å². The van der Waals surface area contributed by atoms with E-state index < -0.39 is 11.3 Å². The topological polar surface area (TPSA) is 96.2 Å². The van der Waals surface area contributed by atoms with Crippen LogP contribution in [0, 0.1) is 30.6 Å². The summed E-state index contributed by atoms with van der Waals surface area (Å²) in [5.74, 6) is -0.641. The van der Waals surface area contributed by atoms with Crippen LogP contribution in [0.1, 0.15) is 50.7 Å². The van der Waals surface area contributed by atoms with E-state index in [-0.39, 0.29) is 17.5 Å². The second kappa shape index (κ2) is 10.3. The van der Waals surface area contributed by atoms with Crippen LogP contribution < -0.4 is 10.6 Å². The molecule has 1 atom stereocenters. The Morgan fingerprint density at radius 2 is 1.81 bits per heavy atom. The van der Waals surface area contributed by atoms with Crippen LogP contribution in [0.2, 0.25) is 0 Å². The van der Waals surface area contributed by atoms with E-state index in [2.05, 4.69) is 22.1 Å². The summed E-state index contributed by atoms with van der Waals surface area (Å²) in [6.07, 6.45) is 1.60. The standard InChI is InChI=1S/C25H32N4O3/c1-16-11-19(18(3)29(16)17(2)15-32-7)12-20(14-26)23(30)27-21-9-8-10-22(13-21)28-24(31)25(4,5)6/h8-13,17H,15H2,1-7H3,(H,27,30)(H,28,31)/b20-12-. The SMILES string of the molecule is COCC(C)n1c(C)cc(/C=C(/C#N)C(=O)Nc2cccc(NC(=O)C(C)(C)C)c2)c1C. The summed E-state index contributed by atoms with van der Waals surface area (Å²) in [7, 11) is 1.66. The number of nitrogens with one attached hydrogen (secondary N) is 2. The number of aromatic nitrogens is 1. The Balaban J connectivity index is 2.24. The molecular weight excluding hydrogens is 404 g/mol. The third-order valence-electron chi connectivity index (χ3n) is 5.10. The molecule has 7 nitrogen and oxygen atoms in total. The van der Waals surface area contributed by atoms with Gasteiger partial charge in [0.2, 0.25) is 5.91 Å². The maximum Gasteiger partial charge on any atom is 0.266 e. The van der Waals surface area contributed by atoms with E-state index in [1.165, 1.54) is 0 Å². The van der Waals surface area contributed by atoms with Gasteiger partial charge >= 0.3 is 0 Å². The van der Waals surface area contributed by atoms with Crippen molar-refractivity contribution in [3.63, 3.8) is 0 Å². The number of anilines is 2. The molecule has 1 aromatic carbocycles. The van der Waals surface area contributed by atoms with Crippen LogP contribution in [0.25, 0.3) is 6.08 Å². The summed E-state index contributed by atoms with van der Waals surface area (Å²) in [5.41, 5.74) is 3.31. The first-order chi connectivity index (χ1) is 15.0. The van der Waals surface area contributed by atoms with Gasteiger partial charge in [-0.05, 0) is 56.7 Å². The third-order valence-corrected chi connectivity index (χ3v) is 5.10. The average molecular weight is 437 g/mol. The van der Waals surface area contributed by atoms with Crippen molar-refractivity contribution in [3.8, 4) is 6.07 Å². The number of hydrogen-bond acceptors (Lipinski definition) is 4. The third kappa shape index (κ3) is 6.08. The molecule has 0 aliphatic carbocycles. The highest BCUT2D eigenvalue weighted by Crippen LogP contribution is 2.24. The lowest BCUT2D eigenvalue weighted by molar-refractivity contribution is -0.123. The van der Waals surface area contributed by atoms with E-state index in [0.717, 1.165) is 17.0 Å². The van der Waals surface area contributed by atoms with Gasteiger partial charge in [-0.15, -0.1) is 0 Å². The van der Waals surface area contributed by atoms with Crippen molar-refractivity contribution in [1.82, 2.24) is 4.57 Å². The maximum absolute atomic E-state index is 12.8. The first-order valence-corrected chi connectivity index (χ1v) is 10.5. The van der Waals surface area contributed by atoms with Crippen molar-refractivity contribution < 1.29 is 14.3 Å². The van der Waals surface area contributed by atoms with Crippen LogP contribution in [0.5, 0.6) is 0 Å². The highest BCUT2D eigenvalue weighted by atomic mass is 16.5. The second-order valence-electron chi connectivity index (χ2n) is 8.91. The number of ether oxygens (including phenoxy) is 1. The number of rotatable bonds is 7. The molecule has 0 aliphatic rings. The molecule has 32 heavy (non-hydrogen) atoms. The van der Waals surface area contributed by atoms with Crippen LogP contribution >= 0.6 is 0 Å². The molecule has 2 amide bonds. The first-order valence-electron chi connectivity index (χ1n) is 10.5. The van der Waals surface area contributed by atoms with Gasteiger partial charge in [0, 0.05) is 35.3 Å². The molecule has 0 aliphatic heterocycles. The highest BCUT2D eigenvalue weighted by molar-refractivity contribution is 6.10. The summed E-state index contributed by atoms with van der Waals surface area (Å²) < 4.78 is 7.39. The van der Waals surface area contributed by atoms with Gasteiger partial charge in [0.1, 0.15) is 11.6 Å². The Bertz CT molecular complexity index is 1070. The minimum atomic E-state index is -0.539. The predicted molar refractivity (Wildman–Crippen MR) is 127 cm³/mol. The quantitative estimate of drug-likeness (QED) is 0.479. The average Bonchev–Trinajstić information content (AvgIpc) is 2.98. The van der Waals surface area contributed by atoms with Gasteiger partial charge in [-0.1, -0.05) is 26.8 Å². The van der Waals surface area contributed by atoms with Gasteiger partial charge in [-0.2, -0.15) is 5.26 Å². The predicted octanol–water partition coefficient (Wildman–Crippen LogP) is 4.84. The number of carbonyl (C=O) groups excluding carboxylic acids is 2. The van der Waals surface area contributed by atoms with Gasteiger partial charge in [-0.25, -0.2) is 0 Å². The molecule has 2 rings (SSSR count). The smallest absolute Gasteiger partial charge is 0.266 e. The number of amides is 2. The fourth-order valence-corrected chi connectivity index (χ4v) is 3.44. The van der Waals surface area contributed by atoms with Crippen LogP contribution in [-0.2, 0) is 14.3 Å². The zero-order chi connectivity index (χ0) is 24.1. The number of carbonyl (C=O) groups is 2. The monoisotopic (exact) mass is 436 g/mol. The van der Waals surface area contributed by atoms with Gasteiger partial charge < -0.3 is 19.9 Å². The summed E-state index contributed by atoms with van der Waals surface area (Å²) in [4.78, 5) is 25.0. The van der Waals surface area contributed by atoms with Crippen molar-refractivity contribution in [3.05, 3.63) is 52.9 Å². The van der Waals surface area contributed by atoms with Crippen LogP contribution in [0.15, 0.2) is 35.9 Å². The van der Waals surface area contributed by atoms with Crippen LogP contribution in [-0.4, -0.2) is 30.1 Å². The van der Waals surface area contributed by atoms with E-state index >= 15 is 0 Å². The Hall–Kier alpha value is -3.37. The molecule has 1 unspecified atom stereocenters. The minimum absolute atomic E-state index is 0.00576. The Morgan fingerprint density at radius 1 is 1.19 bits per heavy atom. The molecule has 1 heterocycles. The Labute approximate surface area is 190 Å². The highest BCUT2D eigenvalue weighted by Gasteiger charge is 2.21. The molecule has 7 heteroatoms.